The van der Waals surface area contributed by atoms with Crippen molar-refractivity contribution >= 4 is 43.5 Å². The summed E-state index contributed by atoms with van der Waals surface area (Å²) in [6.45, 7) is 0. The molecule has 0 N–H and O–H groups in total. The van der Waals surface area contributed by atoms with Crippen molar-refractivity contribution in [2.75, 3.05) is 5.33 Å². The van der Waals surface area contributed by atoms with Gasteiger partial charge in [-0.25, -0.2) is 4.39 Å². The molecule has 0 spiro atoms. The lowest BCUT2D eigenvalue weighted by molar-refractivity contribution is 0.550. The molecular weight excluding hydrogens is 406 g/mol. The van der Waals surface area contributed by atoms with Crippen molar-refractivity contribution in [1.82, 2.24) is 0 Å². The van der Waals surface area contributed by atoms with Gasteiger partial charge in [-0.15, -0.1) is 0 Å². The van der Waals surface area contributed by atoms with Crippen molar-refractivity contribution in [3.05, 3.63) is 68.9 Å². The first-order chi connectivity index (χ1) is 9.60. The fourth-order valence-electron chi connectivity index (χ4n) is 2.15. The second kappa shape index (κ2) is 7.58. The smallest absolute Gasteiger partial charge is 0.144 e. The molecule has 4 heteroatoms. The van der Waals surface area contributed by atoms with E-state index in [1.54, 1.807) is 18.2 Å². The SMILES string of the molecule is Fc1c(Cl)cccc1CC(CBr)Cc1ccc(Br)cc1. The second-order valence-electron chi connectivity index (χ2n) is 4.77. The van der Waals surface area contributed by atoms with E-state index in [0.29, 0.717) is 17.9 Å². The molecule has 20 heavy (non-hydrogen) atoms. The monoisotopic (exact) mass is 418 g/mol. The minimum atomic E-state index is -0.295. The van der Waals surface area contributed by atoms with E-state index in [4.69, 9.17) is 11.6 Å². The molecule has 0 nitrogen and oxygen atoms in total. The summed E-state index contributed by atoms with van der Waals surface area (Å²) in [7, 11) is 0. The number of alkyl halides is 1. The third-order valence-corrected chi connectivity index (χ3v) is 4.93. The Morgan fingerprint density at radius 2 is 1.75 bits per heavy atom. The van der Waals surface area contributed by atoms with E-state index in [9.17, 15) is 4.39 Å². The maximum atomic E-state index is 13.9. The van der Waals surface area contributed by atoms with Crippen LogP contribution in [0, 0.1) is 11.7 Å². The normalized spacial score (nSPS) is 12.4. The molecule has 0 bridgehead atoms. The van der Waals surface area contributed by atoms with Crippen molar-refractivity contribution in [2.45, 2.75) is 12.8 Å². The fourth-order valence-corrected chi connectivity index (χ4v) is 3.07. The zero-order chi connectivity index (χ0) is 14.5. The maximum absolute atomic E-state index is 13.9. The lowest BCUT2D eigenvalue weighted by Crippen LogP contribution is -2.11. The second-order valence-corrected chi connectivity index (χ2v) is 6.74. The largest absolute Gasteiger partial charge is 0.205 e. The van der Waals surface area contributed by atoms with Crippen LogP contribution in [0.25, 0.3) is 0 Å². The molecule has 0 saturated carbocycles. The van der Waals surface area contributed by atoms with Gasteiger partial charge in [-0.05, 0) is 48.1 Å². The Kier molecular flexibility index (Phi) is 6.06. The molecule has 2 aromatic rings. The van der Waals surface area contributed by atoms with E-state index < -0.39 is 0 Å². The van der Waals surface area contributed by atoms with Crippen LogP contribution in [0.2, 0.25) is 5.02 Å². The summed E-state index contributed by atoms with van der Waals surface area (Å²) < 4.78 is 15.0. The van der Waals surface area contributed by atoms with Gasteiger partial charge in [0.2, 0.25) is 0 Å². The van der Waals surface area contributed by atoms with Crippen LogP contribution in [-0.2, 0) is 12.8 Å². The predicted molar refractivity (Wildman–Crippen MR) is 90.2 cm³/mol. The van der Waals surface area contributed by atoms with E-state index in [2.05, 4.69) is 44.0 Å². The predicted octanol–water partition coefficient (Wildman–Crippen LogP) is 6.04. The van der Waals surface area contributed by atoms with Gasteiger partial charge >= 0.3 is 0 Å². The molecule has 2 rings (SSSR count). The highest BCUT2D eigenvalue weighted by atomic mass is 79.9. The van der Waals surface area contributed by atoms with Gasteiger partial charge in [0.05, 0.1) is 5.02 Å². The summed E-state index contributed by atoms with van der Waals surface area (Å²) >= 11 is 12.8. The molecule has 0 aromatic heterocycles. The van der Waals surface area contributed by atoms with E-state index in [1.165, 1.54) is 5.56 Å². The molecular formula is C16H14Br2ClF. The molecule has 0 aliphatic carbocycles. The standard InChI is InChI=1S/C16H14Br2ClF/c17-10-12(8-11-4-6-14(18)7-5-11)9-13-2-1-3-15(19)16(13)20/h1-7,12H,8-10H2. The van der Waals surface area contributed by atoms with Crippen LogP contribution in [0.15, 0.2) is 46.9 Å². The molecule has 0 aliphatic rings. The van der Waals surface area contributed by atoms with Crippen molar-refractivity contribution < 1.29 is 4.39 Å². The third-order valence-electron chi connectivity index (χ3n) is 3.20. The summed E-state index contributed by atoms with van der Waals surface area (Å²) in [4.78, 5) is 0. The molecule has 0 fully saturated rings. The molecule has 2 aromatic carbocycles. The van der Waals surface area contributed by atoms with Crippen LogP contribution in [0.3, 0.4) is 0 Å². The van der Waals surface area contributed by atoms with Gasteiger partial charge < -0.3 is 0 Å². The molecule has 0 amide bonds. The van der Waals surface area contributed by atoms with Gasteiger partial charge in [-0.2, -0.15) is 0 Å². The topological polar surface area (TPSA) is 0 Å². The Morgan fingerprint density at radius 1 is 1.05 bits per heavy atom. The lowest BCUT2D eigenvalue weighted by atomic mass is 9.94. The Bertz CT molecular complexity index is 569. The molecule has 0 heterocycles. The first-order valence-corrected chi connectivity index (χ1v) is 8.62. The number of hydrogen-bond acceptors (Lipinski definition) is 0. The minimum absolute atomic E-state index is 0.194. The Balaban J connectivity index is 2.09. The molecule has 1 atom stereocenters. The number of halogens is 4. The molecule has 106 valence electrons. The zero-order valence-corrected chi connectivity index (χ0v) is 14.7. The Morgan fingerprint density at radius 3 is 2.40 bits per heavy atom. The average molecular weight is 421 g/mol. The Hall–Kier alpha value is -0.380. The van der Waals surface area contributed by atoms with E-state index in [0.717, 1.165) is 16.2 Å². The summed E-state index contributed by atoms with van der Waals surface area (Å²) in [6, 6.07) is 13.4. The number of hydrogen-bond donors (Lipinski definition) is 0. The quantitative estimate of drug-likeness (QED) is 0.518. The van der Waals surface area contributed by atoms with Crippen LogP contribution >= 0.6 is 43.5 Å². The summed E-state index contributed by atoms with van der Waals surface area (Å²) in [5.41, 5.74) is 1.93. The van der Waals surface area contributed by atoms with Gasteiger partial charge in [0, 0.05) is 9.80 Å². The first-order valence-electron chi connectivity index (χ1n) is 6.33. The fraction of sp³-hybridized carbons (Fsp3) is 0.250. The average Bonchev–Trinajstić information content (AvgIpc) is 2.45. The number of rotatable bonds is 5. The van der Waals surface area contributed by atoms with Gasteiger partial charge in [0.25, 0.3) is 0 Å². The van der Waals surface area contributed by atoms with Gasteiger partial charge in [0.1, 0.15) is 5.82 Å². The van der Waals surface area contributed by atoms with Crippen LogP contribution in [0.4, 0.5) is 4.39 Å². The van der Waals surface area contributed by atoms with Crippen molar-refractivity contribution in [2.24, 2.45) is 5.92 Å². The molecule has 1 unspecified atom stereocenters. The number of benzene rings is 2. The van der Waals surface area contributed by atoms with Crippen LogP contribution < -0.4 is 0 Å². The first kappa shape index (κ1) is 16.0. The highest BCUT2D eigenvalue weighted by Gasteiger charge is 2.14. The molecule has 0 radical (unpaired) electrons. The van der Waals surface area contributed by atoms with Gasteiger partial charge in [-0.3, -0.25) is 0 Å². The lowest BCUT2D eigenvalue weighted by Gasteiger charge is -2.15. The van der Waals surface area contributed by atoms with E-state index >= 15 is 0 Å². The molecule has 0 aliphatic heterocycles. The van der Waals surface area contributed by atoms with E-state index in [1.807, 2.05) is 12.1 Å². The van der Waals surface area contributed by atoms with Crippen LogP contribution in [-0.4, -0.2) is 5.33 Å². The van der Waals surface area contributed by atoms with Crippen molar-refractivity contribution in [1.29, 1.82) is 0 Å². The summed E-state index contributed by atoms with van der Waals surface area (Å²) in [6.07, 6.45) is 1.58. The minimum Gasteiger partial charge on any atom is -0.205 e. The third kappa shape index (κ3) is 4.31. The maximum Gasteiger partial charge on any atom is 0.144 e. The molecule has 0 saturated heterocycles. The van der Waals surface area contributed by atoms with Crippen LogP contribution in [0.1, 0.15) is 11.1 Å². The van der Waals surface area contributed by atoms with Gasteiger partial charge in [-0.1, -0.05) is 67.7 Å². The highest BCUT2D eigenvalue weighted by Crippen LogP contribution is 2.23. The zero-order valence-electron chi connectivity index (χ0n) is 10.8. The summed E-state index contributed by atoms with van der Waals surface area (Å²) in [5.74, 6) is 0.0417. The Labute approximate surface area is 140 Å². The van der Waals surface area contributed by atoms with Crippen LogP contribution in [0.5, 0.6) is 0 Å². The highest BCUT2D eigenvalue weighted by molar-refractivity contribution is 9.10. The van der Waals surface area contributed by atoms with Crippen molar-refractivity contribution in [3.63, 3.8) is 0 Å². The van der Waals surface area contributed by atoms with Gasteiger partial charge in [0.15, 0.2) is 0 Å². The van der Waals surface area contributed by atoms with Crippen molar-refractivity contribution in [3.8, 4) is 0 Å². The summed E-state index contributed by atoms with van der Waals surface area (Å²) in [5, 5.41) is 1.02. The van der Waals surface area contributed by atoms with E-state index in [-0.39, 0.29) is 10.8 Å².